The number of nitrogens with zero attached hydrogens (tertiary/aromatic N) is 2. The minimum absolute atomic E-state index is 0.606. The number of benzene rings is 1. The van der Waals surface area contributed by atoms with E-state index in [-0.39, 0.29) is 0 Å². The van der Waals surface area contributed by atoms with Crippen molar-refractivity contribution >= 4 is 21.6 Å². The van der Waals surface area contributed by atoms with E-state index in [0.29, 0.717) is 6.61 Å². The van der Waals surface area contributed by atoms with Crippen LogP contribution >= 0.6 is 15.9 Å². The van der Waals surface area contributed by atoms with E-state index in [1.165, 1.54) is 0 Å². The first kappa shape index (κ1) is 14.1. The lowest BCUT2D eigenvalue weighted by Gasteiger charge is -2.12. The number of methoxy groups -OCH3 is 1. The van der Waals surface area contributed by atoms with Crippen molar-refractivity contribution in [2.45, 2.75) is 20.1 Å². The summed E-state index contributed by atoms with van der Waals surface area (Å²) in [5.41, 5.74) is 4.38. The Morgan fingerprint density at radius 2 is 2.11 bits per heavy atom. The van der Waals surface area contributed by atoms with Crippen LogP contribution in [0.25, 0.3) is 0 Å². The molecular formula is C14H18BrN3O. The average Bonchev–Trinajstić information content (AvgIpc) is 2.63. The number of hydrogen-bond donors (Lipinski definition) is 1. The highest BCUT2D eigenvalue weighted by molar-refractivity contribution is 9.10. The van der Waals surface area contributed by atoms with Crippen LogP contribution in [-0.2, 0) is 24.9 Å². The molecule has 0 aliphatic rings. The van der Waals surface area contributed by atoms with Crippen molar-refractivity contribution in [3.63, 3.8) is 0 Å². The van der Waals surface area contributed by atoms with Gasteiger partial charge in [0.15, 0.2) is 0 Å². The number of rotatable bonds is 5. The average molecular weight is 324 g/mol. The smallest absolute Gasteiger partial charge is 0.0739 e. The Bertz CT molecular complexity index is 566. The Labute approximate surface area is 121 Å². The summed E-state index contributed by atoms with van der Waals surface area (Å²) >= 11 is 3.58. The predicted octanol–water partition coefficient (Wildman–Crippen LogP) is 3.25. The largest absolute Gasteiger partial charge is 0.380 e. The topological polar surface area (TPSA) is 39.1 Å². The highest BCUT2D eigenvalue weighted by atomic mass is 79.9. The van der Waals surface area contributed by atoms with Gasteiger partial charge in [-0.3, -0.25) is 4.68 Å². The molecule has 0 saturated carbocycles. The van der Waals surface area contributed by atoms with Crippen LogP contribution in [0.3, 0.4) is 0 Å². The summed E-state index contributed by atoms with van der Waals surface area (Å²) in [6.07, 6.45) is 0. The number of aryl methyl sites for hydroxylation is 2. The van der Waals surface area contributed by atoms with Crippen LogP contribution in [0.15, 0.2) is 28.7 Å². The highest BCUT2D eigenvalue weighted by Crippen LogP contribution is 2.22. The Morgan fingerprint density at radius 1 is 1.37 bits per heavy atom. The van der Waals surface area contributed by atoms with Crippen LogP contribution in [0.1, 0.15) is 17.0 Å². The number of aromatic nitrogens is 2. The summed E-state index contributed by atoms with van der Waals surface area (Å²) in [7, 11) is 3.66. The minimum atomic E-state index is 0.606. The molecule has 0 aliphatic carbocycles. The molecule has 1 aromatic heterocycles. The third-order valence-electron chi connectivity index (χ3n) is 3.03. The van der Waals surface area contributed by atoms with Gasteiger partial charge in [-0.05, 0) is 28.9 Å². The maximum atomic E-state index is 5.21. The number of halogens is 1. The molecule has 1 N–H and O–H groups in total. The van der Waals surface area contributed by atoms with Crippen LogP contribution in [0.5, 0.6) is 0 Å². The van der Waals surface area contributed by atoms with Gasteiger partial charge < -0.3 is 10.1 Å². The number of para-hydroxylation sites is 1. The Morgan fingerprint density at radius 3 is 2.74 bits per heavy atom. The molecule has 0 fully saturated rings. The van der Waals surface area contributed by atoms with Crippen molar-refractivity contribution in [1.29, 1.82) is 0 Å². The van der Waals surface area contributed by atoms with E-state index >= 15 is 0 Å². The van der Waals surface area contributed by atoms with Gasteiger partial charge in [0.05, 0.1) is 29.0 Å². The fourth-order valence-corrected chi connectivity index (χ4v) is 2.50. The SMILES string of the molecule is COCc1ccccc1NCc1c(Br)c(C)nn1C. The van der Waals surface area contributed by atoms with E-state index in [0.717, 1.165) is 33.7 Å². The van der Waals surface area contributed by atoms with Crippen molar-refractivity contribution < 1.29 is 4.74 Å². The van der Waals surface area contributed by atoms with Gasteiger partial charge in [-0.25, -0.2) is 0 Å². The molecule has 4 nitrogen and oxygen atoms in total. The molecule has 0 unspecified atom stereocenters. The number of nitrogens with one attached hydrogen (secondary N) is 1. The molecule has 102 valence electrons. The molecule has 1 heterocycles. The van der Waals surface area contributed by atoms with E-state index in [9.17, 15) is 0 Å². The minimum Gasteiger partial charge on any atom is -0.380 e. The van der Waals surface area contributed by atoms with Crippen LogP contribution < -0.4 is 5.32 Å². The zero-order chi connectivity index (χ0) is 13.8. The fraction of sp³-hybridized carbons (Fsp3) is 0.357. The van der Waals surface area contributed by atoms with E-state index < -0.39 is 0 Å². The molecule has 0 amide bonds. The first-order chi connectivity index (χ1) is 9.13. The maximum absolute atomic E-state index is 5.21. The Kier molecular flexibility index (Phi) is 4.61. The van der Waals surface area contributed by atoms with Crippen LogP contribution in [0.4, 0.5) is 5.69 Å². The monoisotopic (exact) mass is 323 g/mol. The van der Waals surface area contributed by atoms with Crippen molar-refractivity contribution in [1.82, 2.24) is 9.78 Å². The third kappa shape index (κ3) is 3.16. The molecule has 0 saturated heterocycles. The van der Waals surface area contributed by atoms with Gasteiger partial charge in [0.1, 0.15) is 0 Å². The summed E-state index contributed by atoms with van der Waals surface area (Å²) in [4.78, 5) is 0. The van der Waals surface area contributed by atoms with Crippen LogP contribution in [0, 0.1) is 6.92 Å². The van der Waals surface area contributed by atoms with E-state index in [4.69, 9.17) is 4.74 Å². The van der Waals surface area contributed by atoms with Gasteiger partial charge in [0.2, 0.25) is 0 Å². The second kappa shape index (κ2) is 6.21. The van der Waals surface area contributed by atoms with Gasteiger partial charge in [0.25, 0.3) is 0 Å². The molecular weight excluding hydrogens is 306 g/mol. The molecule has 2 aromatic rings. The quantitative estimate of drug-likeness (QED) is 0.918. The molecule has 1 aromatic carbocycles. The summed E-state index contributed by atoms with van der Waals surface area (Å²) in [6, 6.07) is 8.16. The van der Waals surface area contributed by atoms with Crippen LogP contribution in [0.2, 0.25) is 0 Å². The predicted molar refractivity (Wildman–Crippen MR) is 80.1 cm³/mol. The third-order valence-corrected chi connectivity index (χ3v) is 4.06. The molecule has 0 aliphatic heterocycles. The van der Waals surface area contributed by atoms with Crippen molar-refractivity contribution in [3.8, 4) is 0 Å². The van der Waals surface area contributed by atoms with E-state index in [2.05, 4.69) is 38.5 Å². The molecule has 0 bridgehead atoms. The normalized spacial score (nSPS) is 10.7. The van der Waals surface area contributed by atoms with Gasteiger partial charge in [-0.1, -0.05) is 18.2 Å². The Hall–Kier alpha value is -1.33. The fourth-order valence-electron chi connectivity index (χ4n) is 2.03. The number of hydrogen-bond acceptors (Lipinski definition) is 3. The first-order valence-electron chi connectivity index (χ1n) is 6.12. The summed E-state index contributed by atoms with van der Waals surface area (Å²) < 4.78 is 8.16. The maximum Gasteiger partial charge on any atom is 0.0739 e. The van der Waals surface area contributed by atoms with Gasteiger partial charge >= 0.3 is 0 Å². The molecule has 2 rings (SSSR count). The molecule has 5 heteroatoms. The standard InChI is InChI=1S/C14H18BrN3O/c1-10-14(15)13(18(2)17-10)8-16-12-7-5-4-6-11(12)9-19-3/h4-7,16H,8-9H2,1-3H3. The van der Waals surface area contributed by atoms with Crippen molar-refractivity contribution in [2.75, 3.05) is 12.4 Å². The summed E-state index contributed by atoms with van der Waals surface area (Å²) in [5, 5.41) is 7.83. The summed E-state index contributed by atoms with van der Waals surface area (Å²) in [6.45, 7) is 3.32. The molecule has 19 heavy (non-hydrogen) atoms. The highest BCUT2D eigenvalue weighted by Gasteiger charge is 2.10. The zero-order valence-corrected chi connectivity index (χ0v) is 13.0. The van der Waals surface area contributed by atoms with Gasteiger partial charge in [-0.15, -0.1) is 0 Å². The lowest BCUT2D eigenvalue weighted by Crippen LogP contribution is -2.07. The molecule has 0 spiro atoms. The lowest BCUT2D eigenvalue weighted by atomic mass is 10.2. The van der Waals surface area contributed by atoms with Crippen molar-refractivity contribution in [3.05, 3.63) is 45.7 Å². The van der Waals surface area contributed by atoms with Gasteiger partial charge in [-0.2, -0.15) is 5.10 Å². The second-order valence-corrected chi connectivity index (χ2v) is 5.21. The van der Waals surface area contributed by atoms with Crippen LogP contribution in [-0.4, -0.2) is 16.9 Å². The second-order valence-electron chi connectivity index (χ2n) is 4.41. The van der Waals surface area contributed by atoms with E-state index in [1.54, 1.807) is 7.11 Å². The molecule has 0 radical (unpaired) electrons. The number of anilines is 1. The molecule has 0 atom stereocenters. The summed E-state index contributed by atoms with van der Waals surface area (Å²) in [5.74, 6) is 0. The first-order valence-corrected chi connectivity index (χ1v) is 6.91. The zero-order valence-electron chi connectivity index (χ0n) is 11.4. The van der Waals surface area contributed by atoms with Crippen molar-refractivity contribution in [2.24, 2.45) is 7.05 Å². The number of ether oxygens (including phenoxy) is 1. The van der Waals surface area contributed by atoms with E-state index in [1.807, 2.05) is 30.8 Å². The lowest BCUT2D eigenvalue weighted by molar-refractivity contribution is 0.185. The Balaban J connectivity index is 2.14. The van der Waals surface area contributed by atoms with Gasteiger partial charge in [0, 0.05) is 25.4 Å².